The summed E-state index contributed by atoms with van der Waals surface area (Å²) >= 11 is 12.0. The summed E-state index contributed by atoms with van der Waals surface area (Å²) in [7, 11) is 0. The van der Waals surface area contributed by atoms with Crippen LogP contribution in [-0.2, 0) is 70.3 Å². The van der Waals surface area contributed by atoms with Crippen molar-refractivity contribution in [2.75, 3.05) is 26.4 Å². The molecule has 0 aliphatic carbocycles. The molecule has 4 aliphatic heterocycles. The van der Waals surface area contributed by atoms with E-state index in [1.807, 2.05) is 70.1 Å². The van der Waals surface area contributed by atoms with Crippen LogP contribution in [0.2, 0.25) is 5.02 Å². The predicted molar refractivity (Wildman–Crippen MR) is 395 cm³/mol. The lowest BCUT2D eigenvalue weighted by atomic mass is 9.99. The molecule has 580 valence electrons. The first-order valence-corrected chi connectivity index (χ1v) is 37.8. The van der Waals surface area contributed by atoms with Crippen molar-refractivity contribution in [1.29, 1.82) is 0 Å². The van der Waals surface area contributed by atoms with Crippen LogP contribution in [0, 0.1) is 19.5 Å². The third-order valence-electron chi connectivity index (χ3n) is 17.8. The summed E-state index contributed by atoms with van der Waals surface area (Å²) in [6.07, 6.45) is -12.6. The van der Waals surface area contributed by atoms with Crippen LogP contribution in [0.15, 0.2) is 143 Å². The van der Waals surface area contributed by atoms with E-state index in [1.165, 1.54) is 45.1 Å². The zero-order valence-corrected chi connectivity index (χ0v) is 61.3. The Balaban J connectivity index is 0.000000199. The highest BCUT2D eigenvalue weighted by Gasteiger charge is 2.48. The van der Waals surface area contributed by atoms with E-state index >= 15 is 0 Å². The Hall–Kier alpha value is -6.47. The van der Waals surface area contributed by atoms with E-state index in [2.05, 4.69) is 37.3 Å². The van der Waals surface area contributed by atoms with Gasteiger partial charge in [0, 0.05) is 27.4 Å². The van der Waals surface area contributed by atoms with Crippen LogP contribution in [0.1, 0.15) is 50.2 Å². The second kappa shape index (κ2) is 40.8. The topological polar surface area (TPSA) is 427 Å². The Labute approximate surface area is 635 Å². The standard InChI is InChI=1S/C20H22O7S.C19H24O6S.C18H21ClO6S.C18H22O7S.2H2/c1-2-25-13-6-3-12(4-7-13)5-8-16-14(9-10-28-16)26-20-19(24)18(23)17(22)15(11-21)27-20;1-11-2-4-12(5-3-11)6-7-15-13(8-9-26-15)24-19-18(23)17(22)16(21)14(10-20)25-19;19-11-4-1-10(2-5-11)3-6-14-12(7-8-26-14)24-18-17(23)16(22)15(21)13(9-20)25-18;19-9-13-15(21)16(22)17(23)18(25-13)24-12-7-8-26-14(12)6-3-10-1-4-11(20)5-2-10;;/h1,3-4,6-7,9-10,15,17-24H,5,8,11H2;2-5,8-9,14,16-23H,6-7,10H2,1H3;1-2,4-5,7-8,13,15-18,20-23H,3,6,9H2;1-2,4-5,7-8,13,15-23H,3,6,9H2;2*1H. The van der Waals surface area contributed by atoms with Gasteiger partial charge < -0.3 is 129 Å². The summed E-state index contributed by atoms with van der Waals surface area (Å²) in [6, 6.07) is 37.5. The van der Waals surface area contributed by atoms with Crippen LogP contribution in [0.5, 0.6) is 34.5 Å². The van der Waals surface area contributed by atoms with Crippen molar-refractivity contribution in [2.24, 2.45) is 0 Å². The molecule has 4 saturated heterocycles. The van der Waals surface area contributed by atoms with Gasteiger partial charge in [-0.25, -0.2) is 0 Å². The van der Waals surface area contributed by atoms with Crippen molar-refractivity contribution in [3.8, 4) is 47.0 Å². The summed E-state index contributed by atoms with van der Waals surface area (Å²) in [5.74, 6) is 3.00. The lowest BCUT2D eigenvalue weighted by Gasteiger charge is -2.39. The zero-order valence-electron chi connectivity index (χ0n) is 57.3. The number of terminal acetylenes is 1. The molecule has 4 aliphatic rings. The summed E-state index contributed by atoms with van der Waals surface area (Å²) in [5, 5.41) is 174. The second-order valence-corrected chi connectivity index (χ2v) is 29.7. The Kier molecular flexibility index (Phi) is 32.2. The van der Waals surface area contributed by atoms with Crippen LogP contribution in [0.3, 0.4) is 0 Å². The molecule has 0 spiro atoms. The van der Waals surface area contributed by atoms with Gasteiger partial charge in [0.2, 0.25) is 25.2 Å². The van der Waals surface area contributed by atoms with Gasteiger partial charge in [0.1, 0.15) is 138 Å². The Morgan fingerprint density at radius 1 is 0.358 bits per heavy atom. The highest BCUT2D eigenvalue weighted by atomic mass is 35.5. The van der Waals surface area contributed by atoms with Gasteiger partial charge in [-0.15, -0.1) is 45.3 Å². The third-order valence-corrected chi connectivity index (χ3v) is 21.9. The van der Waals surface area contributed by atoms with Crippen LogP contribution in [0.25, 0.3) is 0 Å². The van der Waals surface area contributed by atoms with E-state index in [1.54, 1.807) is 59.9 Å². The summed E-state index contributed by atoms with van der Waals surface area (Å²) in [6.45, 7) is 0.0882. The molecule has 8 heterocycles. The number of aliphatic hydroxyl groups is 16. The summed E-state index contributed by atoms with van der Waals surface area (Å²) < 4.78 is 49.5. The van der Waals surface area contributed by atoms with E-state index < -0.39 is 149 Å². The smallest absolute Gasteiger partial charge is 0.229 e. The Morgan fingerprint density at radius 2 is 0.613 bits per heavy atom. The monoisotopic (exact) mass is 1570 g/mol. The van der Waals surface area contributed by atoms with E-state index in [4.69, 9.17) is 60.7 Å². The summed E-state index contributed by atoms with van der Waals surface area (Å²) in [4.78, 5) is 3.86. The number of aromatic hydroxyl groups is 1. The molecular formula is C75H93ClO26S4. The molecule has 0 radical (unpaired) electrons. The third kappa shape index (κ3) is 22.6. The van der Waals surface area contributed by atoms with Crippen molar-refractivity contribution in [3.05, 3.63) is 195 Å². The number of thiophene rings is 4. The number of halogens is 1. The minimum Gasteiger partial charge on any atom is -0.508 e. The number of benzene rings is 4. The number of aliphatic hydroxyl groups excluding tert-OH is 16. The largest absolute Gasteiger partial charge is 0.508 e. The minimum atomic E-state index is -1.47. The van der Waals surface area contributed by atoms with Crippen molar-refractivity contribution >= 4 is 56.9 Å². The molecule has 20 unspecified atom stereocenters. The van der Waals surface area contributed by atoms with Gasteiger partial charge in [-0.1, -0.05) is 84.3 Å². The molecule has 31 heteroatoms. The molecular weight excluding hydrogens is 1480 g/mol. The lowest BCUT2D eigenvalue weighted by Crippen LogP contribution is -2.60. The first-order valence-electron chi connectivity index (χ1n) is 33.9. The molecule has 4 fully saturated rings. The van der Waals surface area contributed by atoms with Gasteiger partial charge in [-0.2, -0.15) is 0 Å². The number of phenols is 1. The molecule has 4 aromatic carbocycles. The highest BCUT2D eigenvalue weighted by molar-refractivity contribution is 7.11. The molecule has 0 amide bonds. The maximum absolute atomic E-state index is 10.1. The average Bonchev–Trinajstić information content (AvgIpc) is 1.28. The quantitative estimate of drug-likeness (QED) is 0.0360. The second-order valence-electron chi connectivity index (χ2n) is 25.2. The minimum absolute atomic E-state index is 0. The number of rotatable bonds is 25. The fourth-order valence-electron chi connectivity index (χ4n) is 11.5. The molecule has 26 nitrogen and oxygen atoms in total. The van der Waals surface area contributed by atoms with E-state index in [0.717, 1.165) is 74.7 Å². The molecule has 106 heavy (non-hydrogen) atoms. The van der Waals surface area contributed by atoms with E-state index in [0.29, 0.717) is 46.6 Å². The Bertz CT molecular complexity index is 3630. The zero-order chi connectivity index (χ0) is 76.1. The SMILES string of the molecule is C#COc1ccc(CCc2sccc2OC2OC(CO)C(O)C(O)C2O)cc1.Cc1ccc(CCc2sccc2OC2OC(CO)C(O)C(O)C2O)cc1.OCC1OC(Oc2ccsc2CCc2ccc(Cl)cc2)C(O)C(O)C1O.OCC1OC(Oc2ccsc2CCc2ccc(O)cc2)C(O)C(O)C1O.[HH].[HH]. The highest BCUT2D eigenvalue weighted by Crippen LogP contribution is 2.36. The predicted octanol–water partition coefficient (Wildman–Crippen LogP) is 3.98. The van der Waals surface area contributed by atoms with Gasteiger partial charge in [-0.05, 0) is 163 Å². The molecule has 20 atom stereocenters. The number of hydrogen-bond acceptors (Lipinski definition) is 30. The Morgan fingerprint density at radius 3 is 0.877 bits per heavy atom. The van der Waals surface area contributed by atoms with Crippen LogP contribution in [-0.4, -0.2) is 236 Å². The van der Waals surface area contributed by atoms with Gasteiger partial charge in [0.25, 0.3) is 0 Å². The van der Waals surface area contributed by atoms with Gasteiger partial charge >= 0.3 is 0 Å². The van der Waals surface area contributed by atoms with Crippen LogP contribution >= 0.6 is 56.9 Å². The maximum Gasteiger partial charge on any atom is 0.229 e. The van der Waals surface area contributed by atoms with E-state index in [9.17, 15) is 86.8 Å². The molecule has 17 N–H and O–H groups in total. The fourth-order valence-corrected chi connectivity index (χ4v) is 14.9. The number of hydrogen-bond donors (Lipinski definition) is 17. The van der Waals surface area contributed by atoms with Gasteiger partial charge in [0.05, 0.1) is 26.4 Å². The van der Waals surface area contributed by atoms with Crippen molar-refractivity contribution < 1.29 is 132 Å². The first kappa shape index (κ1) is 83.6. The number of phenolic OH excluding ortho intramolecular Hbond substituents is 1. The molecule has 0 saturated carbocycles. The van der Waals surface area contributed by atoms with Crippen molar-refractivity contribution in [2.45, 2.75) is 181 Å². The normalized spacial score (nSPS) is 28.4. The maximum atomic E-state index is 10.1. The van der Waals surface area contributed by atoms with Gasteiger partial charge in [-0.3, -0.25) is 0 Å². The van der Waals surface area contributed by atoms with E-state index in [-0.39, 0.29) is 8.60 Å². The molecule has 0 bridgehead atoms. The molecule has 4 aromatic heterocycles. The first-order chi connectivity index (χ1) is 51.0. The number of aryl methyl sites for hydroxylation is 9. The van der Waals surface area contributed by atoms with Crippen molar-refractivity contribution in [1.82, 2.24) is 0 Å². The average molecular weight is 1570 g/mol. The fraction of sp³-hybridized carbons (Fsp3) is 0.440. The molecule has 8 aromatic rings. The van der Waals surface area contributed by atoms with Crippen molar-refractivity contribution in [3.63, 3.8) is 0 Å². The number of ether oxygens (including phenoxy) is 9. The van der Waals surface area contributed by atoms with Crippen LogP contribution < -0.4 is 23.7 Å². The lowest BCUT2D eigenvalue weighted by molar-refractivity contribution is -0.277. The molecule has 12 rings (SSSR count). The van der Waals surface area contributed by atoms with Crippen LogP contribution in [0.4, 0.5) is 0 Å². The summed E-state index contributed by atoms with van der Waals surface area (Å²) in [5.41, 5.74) is 5.74. The van der Waals surface area contributed by atoms with Gasteiger partial charge in [0.15, 0.2) is 0 Å².